The Hall–Kier alpha value is -1.31. The lowest BCUT2D eigenvalue weighted by Crippen LogP contribution is -2.18. The summed E-state index contributed by atoms with van der Waals surface area (Å²) in [4.78, 5) is 14.7. The van der Waals surface area contributed by atoms with Crippen LogP contribution in [0.3, 0.4) is 0 Å². The number of nitrogens with zero attached hydrogens (tertiary/aromatic N) is 1. The van der Waals surface area contributed by atoms with Crippen molar-refractivity contribution in [2.24, 2.45) is 0 Å². The van der Waals surface area contributed by atoms with Crippen LogP contribution in [0.4, 0.5) is 10.1 Å². The Balaban J connectivity index is 2.52. The molecular weight excluding hydrogens is 314 g/mol. The molecule has 0 amide bonds. The van der Waals surface area contributed by atoms with Crippen LogP contribution in [0.25, 0.3) is 0 Å². The number of nitrogen functional groups attached to an aromatic ring is 1. The van der Waals surface area contributed by atoms with Gasteiger partial charge in [0.25, 0.3) is 0 Å². The van der Waals surface area contributed by atoms with Gasteiger partial charge >= 0.3 is 5.97 Å². The first-order chi connectivity index (χ1) is 9.47. The van der Waals surface area contributed by atoms with Crippen LogP contribution in [-0.2, 0) is 14.3 Å². The minimum absolute atomic E-state index is 0.0916. The summed E-state index contributed by atoms with van der Waals surface area (Å²) in [6, 6.07) is 0. The molecule has 0 radical (unpaired) electrons. The quantitative estimate of drug-likeness (QED) is 0.469. The molecule has 1 heterocycles. The molecule has 0 saturated carbocycles. The molecule has 0 spiro atoms. The fourth-order valence-corrected chi connectivity index (χ4v) is 1.51. The number of anilines is 1. The smallest absolute Gasteiger partial charge is 0.344 e. The highest BCUT2D eigenvalue weighted by molar-refractivity contribution is 6.39. The summed E-state index contributed by atoms with van der Waals surface area (Å²) in [5, 5.41) is -0.569. The van der Waals surface area contributed by atoms with Gasteiger partial charge in [-0.1, -0.05) is 23.2 Å². The van der Waals surface area contributed by atoms with Gasteiger partial charge in [-0.2, -0.15) is 9.37 Å². The van der Waals surface area contributed by atoms with Crippen molar-refractivity contribution >= 4 is 34.9 Å². The minimum atomic E-state index is -1.03. The van der Waals surface area contributed by atoms with Gasteiger partial charge in [0.1, 0.15) is 16.7 Å². The number of rotatable bonds is 7. The number of pyridine rings is 1. The number of ether oxygens (including phenoxy) is 3. The molecule has 1 aromatic rings. The molecule has 0 aliphatic carbocycles. The van der Waals surface area contributed by atoms with Gasteiger partial charge in [0.2, 0.25) is 11.8 Å². The second-order valence-corrected chi connectivity index (χ2v) is 4.21. The highest BCUT2D eigenvalue weighted by Gasteiger charge is 2.17. The SMILES string of the molecule is CCOCCOC(=O)COc1nc(F)c(Cl)c(N)c1Cl. The van der Waals surface area contributed by atoms with Crippen molar-refractivity contribution in [1.82, 2.24) is 4.98 Å². The molecule has 0 atom stereocenters. The van der Waals surface area contributed by atoms with Gasteiger partial charge in [-0.3, -0.25) is 0 Å². The van der Waals surface area contributed by atoms with Crippen LogP contribution in [-0.4, -0.2) is 37.4 Å². The summed E-state index contributed by atoms with van der Waals surface area (Å²) >= 11 is 11.3. The average Bonchev–Trinajstić information content (AvgIpc) is 2.43. The van der Waals surface area contributed by atoms with Gasteiger partial charge in [-0.15, -0.1) is 0 Å². The molecule has 0 aliphatic rings. The number of nitrogens with two attached hydrogens (primary N) is 1. The van der Waals surface area contributed by atoms with E-state index in [0.29, 0.717) is 6.61 Å². The lowest BCUT2D eigenvalue weighted by atomic mass is 10.4. The summed E-state index contributed by atoms with van der Waals surface area (Å²) in [6.45, 7) is 2.23. The lowest BCUT2D eigenvalue weighted by Gasteiger charge is -2.10. The summed E-state index contributed by atoms with van der Waals surface area (Å²) in [5.41, 5.74) is 5.24. The molecule has 6 nitrogen and oxygen atoms in total. The lowest BCUT2D eigenvalue weighted by molar-refractivity contribution is -0.147. The number of carbonyl (C=O) groups is 1. The molecule has 1 aromatic heterocycles. The second kappa shape index (κ2) is 8.08. The van der Waals surface area contributed by atoms with Crippen LogP contribution in [0.1, 0.15) is 6.92 Å². The summed E-state index contributed by atoms with van der Waals surface area (Å²) < 4.78 is 27.9. The third-order valence-corrected chi connectivity index (χ3v) is 2.79. The number of hydrogen-bond acceptors (Lipinski definition) is 6. The number of esters is 1. The van der Waals surface area contributed by atoms with Crippen molar-refractivity contribution in [2.45, 2.75) is 6.92 Å². The first-order valence-corrected chi connectivity index (χ1v) is 6.39. The zero-order valence-corrected chi connectivity index (χ0v) is 12.1. The maximum Gasteiger partial charge on any atom is 0.344 e. The highest BCUT2D eigenvalue weighted by atomic mass is 35.5. The van der Waals surface area contributed by atoms with Crippen LogP contribution < -0.4 is 10.5 Å². The van der Waals surface area contributed by atoms with E-state index < -0.39 is 23.5 Å². The number of carbonyl (C=O) groups excluding carboxylic acids is 1. The molecular formula is C11H13Cl2FN2O4. The monoisotopic (exact) mass is 326 g/mol. The van der Waals surface area contributed by atoms with Crippen LogP contribution in [0.2, 0.25) is 10.0 Å². The first-order valence-electron chi connectivity index (χ1n) is 5.63. The molecule has 9 heteroatoms. The van der Waals surface area contributed by atoms with E-state index in [9.17, 15) is 9.18 Å². The van der Waals surface area contributed by atoms with Crippen molar-refractivity contribution in [2.75, 3.05) is 32.2 Å². The Bertz CT molecular complexity index is 488. The molecule has 0 bridgehead atoms. The molecule has 2 N–H and O–H groups in total. The van der Waals surface area contributed by atoms with Crippen LogP contribution in [0, 0.1) is 5.95 Å². The number of aromatic nitrogens is 1. The zero-order chi connectivity index (χ0) is 15.1. The van der Waals surface area contributed by atoms with Crippen LogP contribution >= 0.6 is 23.2 Å². The maximum absolute atomic E-state index is 13.2. The van der Waals surface area contributed by atoms with E-state index in [1.54, 1.807) is 0 Å². The van der Waals surface area contributed by atoms with E-state index in [0.717, 1.165) is 0 Å². The molecule has 0 unspecified atom stereocenters. The number of hydrogen-bond donors (Lipinski definition) is 1. The molecule has 1 rings (SSSR count). The van der Waals surface area contributed by atoms with E-state index >= 15 is 0 Å². The fraction of sp³-hybridized carbons (Fsp3) is 0.455. The average molecular weight is 327 g/mol. The van der Waals surface area contributed by atoms with Gasteiger partial charge in [0.15, 0.2) is 6.61 Å². The summed E-state index contributed by atoms with van der Waals surface area (Å²) in [6.07, 6.45) is 0. The molecule has 20 heavy (non-hydrogen) atoms. The Morgan fingerprint density at radius 1 is 1.35 bits per heavy atom. The van der Waals surface area contributed by atoms with E-state index in [2.05, 4.69) is 4.98 Å². The molecule has 0 saturated heterocycles. The number of halogens is 3. The van der Waals surface area contributed by atoms with Crippen LogP contribution in [0.15, 0.2) is 0 Å². The topological polar surface area (TPSA) is 83.7 Å². The Labute approximate surface area is 124 Å². The predicted octanol–water partition coefficient (Wildman–Crippen LogP) is 2.07. The Kier molecular flexibility index (Phi) is 6.77. The third-order valence-electron chi connectivity index (χ3n) is 2.06. The molecule has 0 fully saturated rings. The molecule has 112 valence electrons. The summed E-state index contributed by atoms with van der Waals surface area (Å²) in [7, 11) is 0. The van der Waals surface area contributed by atoms with Crippen molar-refractivity contribution in [3.63, 3.8) is 0 Å². The van der Waals surface area contributed by atoms with Gasteiger partial charge in [-0.25, -0.2) is 4.79 Å². The van der Waals surface area contributed by atoms with E-state index in [4.69, 9.17) is 43.1 Å². The van der Waals surface area contributed by atoms with Crippen molar-refractivity contribution in [1.29, 1.82) is 0 Å². The largest absolute Gasteiger partial charge is 0.464 e. The molecule has 0 aromatic carbocycles. The Morgan fingerprint density at radius 2 is 2.05 bits per heavy atom. The van der Waals surface area contributed by atoms with Gasteiger partial charge < -0.3 is 19.9 Å². The zero-order valence-electron chi connectivity index (χ0n) is 10.6. The maximum atomic E-state index is 13.2. The van der Waals surface area contributed by atoms with E-state index in [1.165, 1.54) is 0 Å². The minimum Gasteiger partial charge on any atom is -0.464 e. The Morgan fingerprint density at radius 3 is 2.70 bits per heavy atom. The van der Waals surface area contributed by atoms with Crippen molar-refractivity contribution < 1.29 is 23.4 Å². The predicted molar refractivity (Wildman–Crippen MR) is 71.6 cm³/mol. The van der Waals surface area contributed by atoms with Gasteiger partial charge in [-0.05, 0) is 6.92 Å². The highest BCUT2D eigenvalue weighted by Crippen LogP contribution is 2.35. The third kappa shape index (κ3) is 4.66. The second-order valence-electron chi connectivity index (χ2n) is 3.46. The van der Waals surface area contributed by atoms with E-state index in [-0.39, 0.29) is 29.8 Å². The standard InChI is InChI=1S/C11H13Cl2FN2O4/c1-2-18-3-4-19-6(17)5-20-11-8(13)9(15)7(12)10(14)16-11/h2-5H2,1H3,(H2,15,16). The van der Waals surface area contributed by atoms with Crippen LogP contribution in [0.5, 0.6) is 5.88 Å². The van der Waals surface area contributed by atoms with Crippen molar-refractivity contribution in [3.05, 3.63) is 16.0 Å². The fourth-order valence-electron chi connectivity index (χ4n) is 1.13. The normalized spacial score (nSPS) is 10.4. The summed E-state index contributed by atoms with van der Waals surface area (Å²) in [5.74, 6) is -2.03. The van der Waals surface area contributed by atoms with E-state index in [1.807, 2.05) is 6.92 Å². The molecule has 0 aliphatic heterocycles. The van der Waals surface area contributed by atoms with Gasteiger partial charge in [0, 0.05) is 6.61 Å². The van der Waals surface area contributed by atoms with Crippen molar-refractivity contribution in [3.8, 4) is 5.88 Å². The first kappa shape index (κ1) is 16.7. The van der Waals surface area contributed by atoms with Gasteiger partial charge in [0.05, 0.1) is 12.3 Å².